The maximum absolute atomic E-state index is 9.16. The lowest BCUT2D eigenvalue weighted by Gasteiger charge is -2.22. The van der Waals surface area contributed by atoms with Crippen molar-refractivity contribution in [3.8, 4) is 0 Å². The van der Waals surface area contributed by atoms with Crippen LogP contribution < -0.4 is 5.32 Å². The molecule has 1 aromatic carbocycles. The molecule has 2 rings (SSSR count). The Balaban J connectivity index is 2.22. The van der Waals surface area contributed by atoms with E-state index in [1.165, 1.54) is 0 Å². The Bertz CT molecular complexity index is 596. The molecule has 2 aromatic rings. The Morgan fingerprint density at radius 3 is 2.90 bits per heavy atom. The molecule has 6 heteroatoms. The fourth-order valence-corrected chi connectivity index (χ4v) is 3.41. The van der Waals surface area contributed by atoms with Crippen molar-refractivity contribution in [1.29, 1.82) is 0 Å². The lowest BCUT2D eigenvalue weighted by Crippen LogP contribution is -2.35. The maximum Gasteiger partial charge on any atom is 0.126 e. The number of hydrogen-bond donors (Lipinski definition) is 2. The van der Waals surface area contributed by atoms with Crippen molar-refractivity contribution in [2.45, 2.75) is 25.4 Å². The van der Waals surface area contributed by atoms with Crippen LogP contribution >= 0.6 is 23.4 Å². The van der Waals surface area contributed by atoms with Gasteiger partial charge in [-0.25, -0.2) is 4.98 Å². The van der Waals surface area contributed by atoms with Gasteiger partial charge >= 0.3 is 0 Å². The molecule has 4 nitrogen and oxygen atoms in total. The van der Waals surface area contributed by atoms with Crippen molar-refractivity contribution in [3.63, 3.8) is 0 Å². The van der Waals surface area contributed by atoms with Crippen molar-refractivity contribution < 1.29 is 5.11 Å². The first-order valence-electron chi connectivity index (χ1n) is 7.04. The van der Waals surface area contributed by atoms with Crippen LogP contribution in [0.4, 0.5) is 0 Å². The van der Waals surface area contributed by atoms with Crippen LogP contribution in [0.25, 0.3) is 11.0 Å². The fourth-order valence-electron chi connectivity index (χ4n) is 2.58. The highest BCUT2D eigenvalue weighted by atomic mass is 35.5. The van der Waals surface area contributed by atoms with E-state index in [2.05, 4.69) is 23.1 Å². The van der Waals surface area contributed by atoms with E-state index in [1.54, 1.807) is 11.8 Å². The molecule has 0 amide bonds. The van der Waals surface area contributed by atoms with Crippen LogP contribution in [0.15, 0.2) is 18.2 Å². The molecule has 0 aliphatic heterocycles. The second-order valence-electron chi connectivity index (χ2n) is 5.21. The molecule has 0 bridgehead atoms. The largest absolute Gasteiger partial charge is 0.396 e. The number of aliphatic hydroxyl groups is 1. The highest BCUT2D eigenvalue weighted by Crippen LogP contribution is 2.23. The number of aromatic nitrogens is 2. The summed E-state index contributed by atoms with van der Waals surface area (Å²) in [7, 11) is 2.02. The van der Waals surface area contributed by atoms with Gasteiger partial charge in [0.2, 0.25) is 0 Å². The molecule has 2 N–H and O–H groups in total. The Kier molecular flexibility index (Phi) is 5.93. The summed E-state index contributed by atoms with van der Waals surface area (Å²) in [6.45, 7) is 2.30. The zero-order chi connectivity index (χ0) is 15.4. The third-order valence-corrected chi connectivity index (χ3v) is 4.57. The minimum Gasteiger partial charge on any atom is -0.396 e. The number of halogens is 1. The van der Waals surface area contributed by atoms with Gasteiger partial charge in [0.05, 0.1) is 17.1 Å². The number of rotatable bonds is 7. The third-order valence-electron chi connectivity index (χ3n) is 3.60. The van der Waals surface area contributed by atoms with Crippen molar-refractivity contribution >= 4 is 34.4 Å². The number of fused-ring (bicyclic) bond motifs is 1. The van der Waals surface area contributed by atoms with Gasteiger partial charge in [-0.1, -0.05) is 11.6 Å². The molecular formula is C15H22ClN3OS. The van der Waals surface area contributed by atoms with Crippen molar-refractivity contribution in [2.75, 3.05) is 18.6 Å². The van der Waals surface area contributed by atoms with E-state index >= 15 is 0 Å². The summed E-state index contributed by atoms with van der Waals surface area (Å²) in [5, 5.41) is 13.4. The number of benzene rings is 1. The summed E-state index contributed by atoms with van der Waals surface area (Å²) in [6, 6.07) is 6.16. The van der Waals surface area contributed by atoms with Gasteiger partial charge in [0.15, 0.2) is 0 Å². The Hall–Kier alpha value is -0.750. The number of hydrogen-bond acceptors (Lipinski definition) is 4. The molecule has 0 saturated carbocycles. The first-order chi connectivity index (χ1) is 10.1. The van der Waals surface area contributed by atoms with Crippen LogP contribution in [0.2, 0.25) is 5.02 Å². The predicted molar refractivity (Wildman–Crippen MR) is 91.1 cm³/mol. The summed E-state index contributed by atoms with van der Waals surface area (Å²) in [5.41, 5.74) is 1.99. The molecule has 0 fully saturated rings. The minimum atomic E-state index is 0.116. The summed E-state index contributed by atoms with van der Waals surface area (Å²) in [4.78, 5) is 4.69. The average Bonchev–Trinajstić information content (AvgIpc) is 2.76. The molecule has 116 valence electrons. The van der Waals surface area contributed by atoms with Crippen LogP contribution in [0.1, 0.15) is 25.2 Å². The Morgan fingerprint density at radius 2 is 2.24 bits per heavy atom. The van der Waals surface area contributed by atoms with Gasteiger partial charge in [0.25, 0.3) is 0 Å². The van der Waals surface area contributed by atoms with Crippen LogP contribution in [-0.2, 0) is 7.05 Å². The smallest absolute Gasteiger partial charge is 0.126 e. The van der Waals surface area contributed by atoms with Gasteiger partial charge in [-0.3, -0.25) is 0 Å². The number of aliphatic hydroxyl groups excluding tert-OH is 1. The lowest BCUT2D eigenvalue weighted by atomic mass is 10.2. The van der Waals surface area contributed by atoms with Crippen LogP contribution in [0.3, 0.4) is 0 Å². The van der Waals surface area contributed by atoms with Crippen molar-refractivity contribution in [2.24, 2.45) is 7.05 Å². The lowest BCUT2D eigenvalue weighted by molar-refractivity contribution is 0.264. The van der Waals surface area contributed by atoms with Gasteiger partial charge in [0.1, 0.15) is 5.82 Å². The molecule has 2 atom stereocenters. The fraction of sp³-hybridized carbons (Fsp3) is 0.533. The predicted octanol–water partition coefficient (Wildman–Crippen LogP) is 2.99. The molecule has 0 aliphatic rings. The van der Waals surface area contributed by atoms with Crippen LogP contribution in [0, 0.1) is 0 Å². The van der Waals surface area contributed by atoms with Gasteiger partial charge in [-0.05, 0) is 37.8 Å². The summed E-state index contributed by atoms with van der Waals surface area (Å²) < 4.78 is 2.10. The molecule has 0 radical (unpaired) electrons. The number of imidazole rings is 1. The third kappa shape index (κ3) is 3.92. The molecule has 2 unspecified atom stereocenters. The highest BCUT2D eigenvalue weighted by molar-refractivity contribution is 7.98. The maximum atomic E-state index is 9.16. The zero-order valence-corrected chi connectivity index (χ0v) is 14.2. The second kappa shape index (κ2) is 7.49. The minimum absolute atomic E-state index is 0.116. The van der Waals surface area contributed by atoms with Gasteiger partial charge < -0.3 is 15.0 Å². The topological polar surface area (TPSA) is 50.1 Å². The molecule has 1 aromatic heterocycles. The van der Waals surface area contributed by atoms with Gasteiger partial charge in [-0.15, -0.1) is 0 Å². The monoisotopic (exact) mass is 327 g/mol. The molecule has 0 saturated heterocycles. The van der Waals surface area contributed by atoms with E-state index in [9.17, 15) is 0 Å². The van der Waals surface area contributed by atoms with E-state index < -0.39 is 0 Å². The molecule has 21 heavy (non-hydrogen) atoms. The normalized spacial score (nSPS) is 14.5. The Labute approximate surface area is 134 Å². The van der Waals surface area contributed by atoms with Crippen LogP contribution in [0.5, 0.6) is 0 Å². The standard InChI is InChI=1S/C15H22ClN3OS/c1-10(17-12(6-7-20)9-21-3)15-18-13-8-11(16)4-5-14(13)19(15)2/h4-5,8,10,12,17,20H,6-7,9H2,1-3H3. The first kappa shape index (κ1) is 16.6. The van der Waals surface area contributed by atoms with Crippen molar-refractivity contribution in [1.82, 2.24) is 14.9 Å². The number of aryl methyl sites for hydroxylation is 1. The number of thioether (sulfide) groups is 1. The summed E-state index contributed by atoms with van der Waals surface area (Å²) in [6.07, 6.45) is 2.83. The van der Waals surface area contributed by atoms with E-state index in [0.29, 0.717) is 5.02 Å². The number of nitrogens with zero attached hydrogens (tertiary/aromatic N) is 2. The second-order valence-corrected chi connectivity index (χ2v) is 6.56. The quantitative estimate of drug-likeness (QED) is 0.821. The van der Waals surface area contributed by atoms with Gasteiger partial charge in [-0.2, -0.15) is 11.8 Å². The SMILES string of the molecule is CSCC(CCO)NC(C)c1nc2cc(Cl)ccc2n1C. The summed E-state index contributed by atoms with van der Waals surface area (Å²) >= 11 is 7.81. The molecular weight excluding hydrogens is 306 g/mol. The number of nitrogens with one attached hydrogen (secondary N) is 1. The highest BCUT2D eigenvalue weighted by Gasteiger charge is 2.18. The van der Waals surface area contributed by atoms with Gasteiger partial charge in [0, 0.05) is 30.5 Å². The first-order valence-corrected chi connectivity index (χ1v) is 8.81. The van der Waals surface area contributed by atoms with Crippen LogP contribution in [-0.4, -0.2) is 39.3 Å². The summed E-state index contributed by atoms with van der Waals surface area (Å²) in [5.74, 6) is 1.96. The van der Waals surface area contributed by atoms with E-state index in [-0.39, 0.29) is 18.7 Å². The van der Waals surface area contributed by atoms with Crippen molar-refractivity contribution in [3.05, 3.63) is 29.0 Å². The Morgan fingerprint density at radius 1 is 1.48 bits per heavy atom. The van der Waals surface area contributed by atoms with E-state index in [1.807, 2.05) is 25.2 Å². The van der Waals surface area contributed by atoms with E-state index in [0.717, 1.165) is 29.0 Å². The molecule has 0 spiro atoms. The molecule has 1 heterocycles. The molecule has 0 aliphatic carbocycles. The van der Waals surface area contributed by atoms with E-state index in [4.69, 9.17) is 21.7 Å². The average molecular weight is 328 g/mol. The zero-order valence-electron chi connectivity index (χ0n) is 12.6.